The Morgan fingerprint density at radius 2 is 1.79 bits per heavy atom. The van der Waals surface area contributed by atoms with Gasteiger partial charge in [0.2, 0.25) is 5.91 Å². The number of carbonyl (C=O) groups is 2. The summed E-state index contributed by atoms with van der Waals surface area (Å²) in [6, 6.07) is 10.7. The first-order chi connectivity index (χ1) is 13.8. The third kappa shape index (κ3) is 4.56. The van der Waals surface area contributed by atoms with E-state index in [2.05, 4.69) is 4.84 Å². The van der Waals surface area contributed by atoms with Gasteiger partial charge in [-0.15, -0.1) is 10.1 Å². The number of benzene rings is 2. The normalized spacial score (nSPS) is 12.7. The Kier molecular flexibility index (Phi) is 6.98. The molecule has 0 bridgehead atoms. The zero-order valence-corrected chi connectivity index (χ0v) is 16.8. The monoisotopic (exact) mass is 404 g/mol. The van der Waals surface area contributed by atoms with E-state index in [1.54, 1.807) is 38.3 Å². The van der Waals surface area contributed by atoms with Crippen LogP contribution in [-0.2, 0) is 24.6 Å². The summed E-state index contributed by atoms with van der Waals surface area (Å²) in [5, 5.41) is 11.2. The minimum Gasteiger partial charge on any atom is -0.497 e. The lowest BCUT2D eigenvalue weighted by atomic mass is 9.80. The van der Waals surface area contributed by atoms with Gasteiger partial charge >= 0.3 is 5.97 Å². The predicted octanol–water partition coefficient (Wildman–Crippen LogP) is 2.34. The molecular formula is C20H24N2O7. The van der Waals surface area contributed by atoms with Gasteiger partial charge in [-0.2, -0.15) is 0 Å². The van der Waals surface area contributed by atoms with Crippen molar-refractivity contribution in [3.63, 3.8) is 0 Å². The maximum atomic E-state index is 13.3. The molecule has 9 nitrogen and oxygen atoms in total. The summed E-state index contributed by atoms with van der Waals surface area (Å²) in [6.45, 7) is 3.13. The summed E-state index contributed by atoms with van der Waals surface area (Å²) < 4.78 is 10.2. The molecule has 0 aliphatic rings. The second kappa shape index (κ2) is 9.22. The third-order valence-corrected chi connectivity index (χ3v) is 4.87. The highest BCUT2D eigenvalue weighted by Gasteiger charge is 2.46. The molecule has 0 spiro atoms. The quantitative estimate of drug-likeness (QED) is 0.273. The topological polar surface area (TPSA) is 108 Å². The fraction of sp³-hybridized carbons (Fsp3) is 0.400. The lowest BCUT2D eigenvalue weighted by Gasteiger charge is -2.32. The highest BCUT2D eigenvalue weighted by atomic mass is 16.9. The van der Waals surface area contributed by atoms with Crippen molar-refractivity contribution < 1.29 is 29.0 Å². The summed E-state index contributed by atoms with van der Waals surface area (Å²) in [6.07, 6.45) is 0. The average molecular weight is 404 g/mol. The van der Waals surface area contributed by atoms with Crippen LogP contribution in [0.4, 0.5) is 0 Å². The Morgan fingerprint density at radius 1 is 1.14 bits per heavy atom. The van der Waals surface area contributed by atoms with Crippen molar-refractivity contribution in [2.45, 2.75) is 19.3 Å². The van der Waals surface area contributed by atoms with E-state index in [4.69, 9.17) is 9.47 Å². The van der Waals surface area contributed by atoms with Gasteiger partial charge in [-0.25, -0.2) is 0 Å². The van der Waals surface area contributed by atoms with Crippen molar-refractivity contribution in [2.24, 2.45) is 0 Å². The lowest BCUT2D eigenvalue weighted by Crippen LogP contribution is -2.51. The minimum absolute atomic E-state index is 0.0340. The first kappa shape index (κ1) is 21.9. The Bertz CT molecular complexity index is 915. The van der Waals surface area contributed by atoms with Gasteiger partial charge in [-0.1, -0.05) is 18.2 Å². The van der Waals surface area contributed by atoms with Crippen LogP contribution in [0.25, 0.3) is 10.8 Å². The number of fused-ring (bicyclic) bond motifs is 1. The second-order valence-corrected chi connectivity index (χ2v) is 6.49. The second-order valence-electron chi connectivity index (χ2n) is 6.49. The Hall–Kier alpha value is -3.36. The zero-order valence-electron chi connectivity index (χ0n) is 16.8. The van der Waals surface area contributed by atoms with Crippen molar-refractivity contribution >= 4 is 22.6 Å². The molecule has 29 heavy (non-hydrogen) atoms. The molecule has 0 heterocycles. The smallest absolute Gasteiger partial charge is 0.325 e. The number of likely N-dealkylation sites (N-methyl/N-ethyl adjacent to an activating group) is 1. The zero-order chi connectivity index (χ0) is 21.6. The fourth-order valence-corrected chi connectivity index (χ4v) is 3.14. The van der Waals surface area contributed by atoms with Gasteiger partial charge in [0.1, 0.15) is 12.4 Å². The number of esters is 1. The van der Waals surface area contributed by atoms with Gasteiger partial charge in [0.05, 0.1) is 14.2 Å². The van der Waals surface area contributed by atoms with E-state index < -0.39 is 22.4 Å². The van der Waals surface area contributed by atoms with Crippen LogP contribution in [0, 0.1) is 10.1 Å². The molecule has 0 saturated heterocycles. The van der Waals surface area contributed by atoms with Crippen LogP contribution in [0.3, 0.4) is 0 Å². The Labute approximate surface area is 168 Å². The molecule has 0 aromatic heterocycles. The van der Waals surface area contributed by atoms with Crippen molar-refractivity contribution in [3.8, 4) is 5.75 Å². The molecule has 1 atom stereocenters. The van der Waals surface area contributed by atoms with Crippen molar-refractivity contribution in [2.75, 3.05) is 33.9 Å². The maximum absolute atomic E-state index is 13.3. The first-order valence-corrected chi connectivity index (χ1v) is 9.01. The number of hydrogen-bond donors (Lipinski definition) is 0. The molecule has 0 fully saturated rings. The van der Waals surface area contributed by atoms with Crippen molar-refractivity contribution in [1.82, 2.24) is 4.90 Å². The van der Waals surface area contributed by atoms with Gasteiger partial charge in [0.25, 0.3) is 5.09 Å². The predicted molar refractivity (Wildman–Crippen MR) is 105 cm³/mol. The van der Waals surface area contributed by atoms with E-state index in [-0.39, 0.29) is 19.7 Å². The average Bonchev–Trinajstić information content (AvgIpc) is 2.74. The van der Waals surface area contributed by atoms with E-state index in [9.17, 15) is 19.7 Å². The van der Waals surface area contributed by atoms with Gasteiger partial charge < -0.3 is 19.2 Å². The number of amides is 1. The van der Waals surface area contributed by atoms with Crippen LogP contribution in [0.1, 0.15) is 19.4 Å². The number of rotatable bonds is 9. The Morgan fingerprint density at radius 3 is 2.38 bits per heavy atom. The van der Waals surface area contributed by atoms with Crippen molar-refractivity contribution in [3.05, 3.63) is 52.1 Å². The van der Waals surface area contributed by atoms with E-state index in [1.165, 1.54) is 18.9 Å². The molecular weight excluding hydrogens is 380 g/mol. The molecule has 0 saturated carbocycles. The number of nitrogens with zero attached hydrogens (tertiary/aromatic N) is 2. The minimum atomic E-state index is -1.62. The summed E-state index contributed by atoms with van der Waals surface area (Å²) in [5.41, 5.74) is -1.16. The van der Waals surface area contributed by atoms with Gasteiger partial charge in [0, 0.05) is 13.1 Å². The third-order valence-electron chi connectivity index (χ3n) is 4.87. The van der Waals surface area contributed by atoms with E-state index in [0.717, 1.165) is 10.8 Å². The highest BCUT2D eigenvalue weighted by Crippen LogP contribution is 2.32. The number of ether oxygens (including phenoxy) is 2. The van der Waals surface area contributed by atoms with Gasteiger partial charge in [-0.05, 0) is 48.4 Å². The molecule has 156 valence electrons. The largest absolute Gasteiger partial charge is 0.497 e. The van der Waals surface area contributed by atoms with Gasteiger partial charge in [-0.3, -0.25) is 9.59 Å². The van der Waals surface area contributed by atoms with E-state index >= 15 is 0 Å². The molecule has 0 aliphatic heterocycles. The standard InChI is InChI=1S/C20H24N2O7/c1-5-21(10-11-29-22(25)26)18(23)20(2,19(24)28-4)16-8-6-15-13-17(27-3)9-7-14(15)12-16/h6-9,12-13H,5,10-11H2,1-4H3/t20-/m0/s1. The van der Waals surface area contributed by atoms with Crippen LogP contribution in [0.2, 0.25) is 0 Å². The van der Waals surface area contributed by atoms with Crippen LogP contribution in [0.15, 0.2) is 36.4 Å². The van der Waals surface area contributed by atoms with Crippen LogP contribution in [-0.4, -0.2) is 55.8 Å². The van der Waals surface area contributed by atoms with Crippen LogP contribution in [0.5, 0.6) is 5.75 Å². The Balaban J connectivity index is 2.45. The molecule has 2 aromatic rings. The molecule has 2 rings (SSSR count). The van der Waals surface area contributed by atoms with Crippen LogP contribution < -0.4 is 4.74 Å². The SMILES string of the molecule is CCN(CCO[N+](=O)[O-])C(=O)[C@@](C)(C(=O)OC)c1ccc2cc(OC)ccc2c1. The van der Waals surface area contributed by atoms with Crippen LogP contribution >= 0.6 is 0 Å². The summed E-state index contributed by atoms with van der Waals surface area (Å²) in [7, 11) is 2.79. The summed E-state index contributed by atoms with van der Waals surface area (Å²) >= 11 is 0. The van der Waals surface area contributed by atoms with E-state index in [0.29, 0.717) is 11.3 Å². The lowest BCUT2D eigenvalue weighted by molar-refractivity contribution is -0.757. The molecule has 0 aliphatic carbocycles. The summed E-state index contributed by atoms with van der Waals surface area (Å²) in [5.74, 6) is -0.546. The molecule has 9 heteroatoms. The van der Waals surface area contributed by atoms with E-state index in [1.807, 2.05) is 12.1 Å². The number of hydrogen-bond acceptors (Lipinski definition) is 7. The summed E-state index contributed by atoms with van der Waals surface area (Å²) in [4.78, 5) is 42.0. The van der Waals surface area contributed by atoms with Gasteiger partial charge in [0.15, 0.2) is 5.41 Å². The number of carbonyl (C=O) groups excluding carboxylic acids is 2. The molecule has 0 N–H and O–H groups in total. The molecule has 2 aromatic carbocycles. The molecule has 0 radical (unpaired) electrons. The fourth-order valence-electron chi connectivity index (χ4n) is 3.14. The molecule has 0 unspecified atom stereocenters. The number of methoxy groups -OCH3 is 2. The highest BCUT2D eigenvalue weighted by molar-refractivity contribution is 6.08. The maximum Gasteiger partial charge on any atom is 0.325 e. The first-order valence-electron chi connectivity index (χ1n) is 9.01. The van der Waals surface area contributed by atoms with Crippen molar-refractivity contribution in [1.29, 1.82) is 0 Å². The molecule has 1 amide bonds.